The Hall–Kier alpha value is -1.75. The lowest BCUT2D eigenvalue weighted by Crippen LogP contribution is -2.34. The van der Waals surface area contributed by atoms with Crippen LogP contribution in [0, 0.1) is 6.92 Å². The van der Waals surface area contributed by atoms with Crippen molar-refractivity contribution in [1.29, 1.82) is 0 Å². The smallest absolute Gasteiger partial charge is 0.191 e. The first-order valence-electron chi connectivity index (χ1n) is 6.72. The topological polar surface area (TPSA) is 55.1 Å². The molecule has 19 heavy (non-hydrogen) atoms. The van der Waals surface area contributed by atoms with E-state index in [1.54, 1.807) is 0 Å². The number of rotatable bonds is 3. The van der Waals surface area contributed by atoms with E-state index < -0.39 is 0 Å². The molecule has 1 unspecified atom stereocenters. The fourth-order valence-electron chi connectivity index (χ4n) is 2.63. The molecule has 0 aromatic carbocycles. The highest BCUT2D eigenvalue weighted by atomic mass is 16.4. The molecule has 0 saturated carbocycles. The van der Waals surface area contributed by atoms with Crippen LogP contribution in [0.5, 0.6) is 0 Å². The van der Waals surface area contributed by atoms with Gasteiger partial charge in [-0.25, -0.2) is 15.0 Å². The molecule has 0 amide bonds. The van der Waals surface area contributed by atoms with Gasteiger partial charge in [0.1, 0.15) is 11.6 Å². The van der Waals surface area contributed by atoms with Crippen molar-refractivity contribution in [3.63, 3.8) is 0 Å². The third kappa shape index (κ3) is 2.98. The maximum absolute atomic E-state index is 5.54. The van der Waals surface area contributed by atoms with Crippen LogP contribution >= 0.6 is 0 Å². The number of aryl methyl sites for hydroxylation is 1. The molecule has 0 N–H and O–H groups in total. The van der Waals surface area contributed by atoms with Crippen molar-refractivity contribution in [3.05, 3.63) is 42.1 Å². The summed E-state index contributed by atoms with van der Waals surface area (Å²) in [7, 11) is 0. The van der Waals surface area contributed by atoms with Crippen molar-refractivity contribution in [1.82, 2.24) is 19.9 Å². The Bertz CT molecular complexity index is 525. The van der Waals surface area contributed by atoms with Crippen molar-refractivity contribution in [2.24, 2.45) is 0 Å². The van der Waals surface area contributed by atoms with Crippen LogP contribution in [0.25, 0.3) is 0 Å². The van der Waals surface area contributed by atoms with Gasteiger partial charge in [0.15, 0.2) is 5.89 Å². The van der Waals surface area contributed by atoms with Gasteiger partial charge in [0.25, 0.3) is 0 Å². The van der Waals surface area contributed by atoms with Crippen molar-refractivity contribution >= 4 is 0 Å². The van der Waals surface area contributed by atoms with Crippen LogP contribution in [0.3, 0.4) is 0 Å². The Morgan fingerprint density at radius 2 is 2.16 bits per heavy atom. The van der Waals surface area contributed by atoms with Gasteiger partial charge in [0, 0.05) is 31.8 Å². The summed E-state index contributed by atoms with van der Waals surface area (Å²) in [5, 5.41) is 0. The summed E-state index contributed by atoms with van der Waals surface area (Å²) in [6, 6.07) is 1.86. The standard InChI is InChI=1S/C14H18N4O/c1-11-17-8-13(19-11)10-18-7-2-4-12(9-18)14-15-5-3-6-16-14/h3,5-6,8,12H,2,4,7,9-10H2,1H3. The second-order valence-corrected chi connectivity index (χ2v) is 5.03. The fraction of sp³-hybridized carbons (Fsp3) is 0.500. The molecular weight excluding hydrogens is 240 g/mol. The fourth-order valence-corrected chi connectivity index (χ4v) is 2.63. The van der Waals surface area contributed by atoms with Gasteiger partial charge in [0.2, 0.25) is 0 Å². The lowest BCUT2D eigenvalue weighted by Gasteiger charge is -2.31. The molecule has 1 saturated heterocycles. The lowest BCUT2D eigenvalue weighted by atomic mass is 9.97. The van der Waals surface area contributed by atoms with Crippen LogP contribution in [0.4, 0.5) is 0 Å². The number of hydrogen-bond donors (Lipinski definition) is 0. The zero-order valence-corrected chi connectivity index (χ0v) is 11.1. The quantitative estimate of drug-likeness (QED) is 0.844. The van der Waals surface area contributed by atoms with E-state index in [0.717, 1.165) is 43.5 Å². The normalized spacial score (nSPS) is 20.6. The summed E-state index contributed by atoms with van der Waals surface area (Å²) in [4.78, 5) is 15.3. The zero-order valence-electron chi connectivity index (χ0n) is 11.1. The minimum absolute atomic E-state index is 0.430. The first-order chi connectivity index (χ1) is 9.31. The van der Waals surface area contributed by atoms with Crippen molar-refractivity contribution in [2.45, 2.75) is 32.2 Å². The van der Waals surface area contributed by atoms with Gasteiger partial charge in [-0.2, -0.15) is 0 Å². The van der Waals surface area contributed by atoms with E-state index in [1.807, 2.05) is 31.6 Å². The number of oxazole rings is 1. The Labute approximate surface area is 112 Å². The molecule has 100 valence electrons. The predicted molar refractivity (Wildman–Crippen MR) is 70.5 cm³/mol. The maximum Gasteiger partial charge on any atom is 0.191 e. The number of aromatic nitrogens is 3. The molecule has 5 heteroatoms. The first kappa shape index (κ1) is 12.3. The largest absolute Gasteiger partial charge is 0.445 e. The summed E-state index contributed by atoms with van der Waals surface area (Å²) < 4.78 is 5.54. The Balaban J connectivity index is 1.65. The minimum Gasteiger partial charge on any atom is -0.445 e. The van der Waals surface area contributed by atoms with Crippen molar-refractivity contribution < 1.29 is 4.42 Å². The van der Waals surface area contributed by atoms with Crippen molar-refractivity contribution in [3.8, 4) is 0 Å². The molecular formula is C14H18N4O. The molecule has 0 spiro atoms. The van der Waals surface area contributed by atoms with Gasteiger partial charge in [-0.15, -0.1) is 0 Å². The van der Waals surface area contributed by atoms with Crippen molar-refractivity contribution in [2.75, 3.05) is 13.1 Å². The molecule has 3 rings (SSSR count). The third-order valence-corrected chi connectivity index (χ3v) is 3.50. The van der Waals surface area contributed by atoms with Crippen LogP contribution in [0.1, 0.15) is 36.2 Å². The molecule has 3 heterocycles. The molecule has 1 atom stereocenters. The number of hydrogen-bond acceptors (Lipinski definition) is 5. The SMILES string of the molecule is Cc1ncc(CN2CCCC(c3ncccn3)C2)o1. The van der Waals surface area contributed by atoms with Gasteiger partial charge in [-0.05, 0) is 25.5 Å². The van der Waals surface area contributed by atoms with E-state index >= 15 is 0 Å². The van der Waals surface area contributed by atoms with E-state index in [-0.39, 0.29) is 0 Å². The lowest BCUT2D eigenvalue weighted by molar-refractivity contribution is 0.183. The highest BCUT2D eigenvalue weighted by Crippen LogP contribution is 2.25. The summed E-state index contributed by atoms with van der Waals surface area (Å²) >= 11 is 0. The average molecular weight is 258 g/mol. The molecule has 5 nitrogen and oxygen atoms in total. The highest BCUT2D eigenvalue weighted by Gasteiger charge is 2.23. The van der Waals surface area contributed by atoms with Crippen LogP contribution < -0.4 is 0 Å². The van der Waals surface area contributed by atoms with Gasteiger partial charge >= 0.3 is 0 Å². The van der Waals surface area contributed by atoms with Crippen LogP contribution in [0.2, 0.25) is 0 Å². The van der Waals surface area contributed by atoms with Gasteiger partial charge < -0.3 is 4.42 Å². The molecule has 0 aliphatic carbocycles. The number of piperidine rings is 1. The van der Waals surface area contributed by atoms with E-state index in [4.69, 9.17) is 4.42 Å². The molecule has 1 fully saturated rings. The summed E-state index contributed by atoms with van der Waals surface area (Å²) in [6.07, 6.45) is 7.80. The van der Waals surface area contributed by atoms with Gasteiger partial charge in [-0.1, -0.05) is 0 Å². The Morgan fingerprint density at radius 1 is 1.32 bits per heavy atom. The van der Waals surface area contributed by atoms with Gasteiger partial charge in [0.05, 0.1) is 12.7 Å². The first-order valence-corrected chi connectivity index (χ1v) is 6.72. The summed E-state index contributed by atoms with van der Waals surface area (Å²) in [5.74, 6) is 3.06. The summed E-state index contributed by atoms with van der Waals surface area (Å²) in [5.41, 5.74) is 0. The molecule has 1 aliphatic heterocycles. The second-order valence-electron chi connectivity index (χ2n) is 5.03. The summed E-state index contributed by atoms with van der Waals surface area (Å²) in [6.45, 7) is 4.79. The molecule has 2 aromatic rings. The minimum atomic E-state index is 0.430. The van der Waals surface area contributed by atoms with E-state index in [1.165, 1.54) is 6.42 Å². The monoisotopic (exact) mass is 258 g/mol. The Morgan fingerprint density at radius 3 is 2.89 bits per heavy atom. The molecule has 1 aliphatic rings. The second kappa shape index (κ2) is 5.48. The van der Waals surface area contributed by atoms with E-state index in [2.05, 4.69) is 19.9 Å². The number of likely N-dealkylation sites (tertiary alicyclic amines) is 1. The Kier molecular flexibility index (Phi) is 3.55. The number of nitrogens with zero attached hydrogens (tertiary/aromatic N) is 4. The van der Waals surface area contributed by atoms with Crippen LogP contribution in [-0.4, -0.2) is 32.9 Å². The highest BCUT2D eigenvalue weighted by molar-refractivity contribution is 5.01. The molecule has 2 aromatic heterocycles. The van der Waals surface area contributed by atoms with Crippen LogP contribution in [0.15, 0.2) is 29.1 Å². The molecule has 0 bridgehead atoms. The maximum atomic E-state index is 5.54. The average Bonchev–Trinajstić information content (AvgIpc) is 2.85. The van der Waals surface area contributed by atoms with Crippen LogP contribution in [-0.2, 0) is 6.54 Å². The van der Waals surface area contributed by atoms with E-state index in [0.29, 0.717) is 5.92 Å². The van der Waals surface area contributed by atoms with E-state index in [9.17, 15) is 0 Å². The third-order valence-electron chi connectivity index (χ3n) is 3.50. The zero-order chi connectivity index (χ0) is 13.1. The van der Waals surface area contributed by atoms with Gasteiger partial charge in [-0.3, -0.25) is 4.90 Å². The molecule has 0 radical (unpaired) electrons. The predicted octanol–water partition coefficient (Wildman–Crippen LogP) is 2.15.